The van der Waals surface area contributed by atoms with Crippen molar-refractivity contribution in [2.45, 2.75) is 44.1 Å². The van der Waals surface area contributed by atoms with E-state index in [-0.39, 0.29) is 18.1 Å². The first-order chi connectivity index (χ1) is 14.8. The number of allylic oxidation sites excluding steroid dienone is 1. The zero-order valence-corrected chi connectivity index (χ0v) is 17.2. The van der Waals surface area contributed by atoms with Gasteiger partial charge in [-0.25, -0.2) is 0 Å². The van der Waals surface area contributed by atoms with Gasteiger partial charge in [0.25, 0.3) is 0 Å². The highest BCUT2D eigenvalue weighted by molar-refractivity contribution is 5.87. The molecule has 1 heterocycles. The van der Waals surface area contributed by atoms with Crippen molar-refractivity contribution in [3.05, 3.63) is 47.5 Å². The highest BCUT2D eigenvalue weighted by Crippen LogP contribution is 2.43. The van der Waals surface area contributed by atoms with Gasteiger partial charge in [0, 0.05) is 0 Å². The molecular formula is C23H26O8. The van der Waals surface area contributed by atoms with Gasteiger partial charge in [0.05, 0.1) is 19.8 Å². The number of ether oxygens (including phenoxy) is 3. The first kappa shape index (κ1) is 21.6. The van der Waals surface area contributed by atoms with E-state index in [0.717, 1.165) is 22.3 Å². The predicted octanol–water partition coefficient (Wildman–Crippen LogP) is 1.21. The van der Waals surface area contributed by atoms with Crippen LogP contribution in [0.3, 0.4) is 0 Å². The van der Waals surface area contributed by atoms with Crippen LogP contribution in [0.1, 0.15) is 18.1 Å². The third-order valence-electron chi connectivity index (χ3n) is 5.82. The molecule has 0 unspecified atom stereocenters. The summed E-state index contributed by atoms with van der Waals surface area (Å²) in [6.07, 6.45) is -3.67. The smallest absolute Gasteiger partial charge is 0.229 e. The van der Waals surface area contributed by atoms with Crippen LogP contribution >= 0.6 is 0 Å². The number of phenols is 1. The molecular weight excluding hydrogens is 404 g/mol. The van der Waals surface area contributed by atoms with Gasteiger partial charge < -0.3 is 39.7 Å². The number of hydrogen-bond donors (Lipinski definition) is 5. The third kappa shape index (κ3) is 3.88. The zero-order chi connectivity index (χ0) is 22.3. The first-order valence-electron chi connectivity index (χ1n) is 10.0. The Bertz CT molecular complexity index is 1000. The van der Waals surface area contributed by atoms with Crippen LogP contribution < -0.4 is 9.47 Å². The summed E-state index contributed by atoms with van der Waals surface area (Å²) in [4.78, 5) is 0. The van der Waals surface area contributed by atoms with Gasteiger partial charge in [-0.1, -0.05) is 12.1 Å². The topological polar surface area (TPSA) is 129 Å². The van der Waals surface area contributed by atoms with Gasteiger partial charge in [-0.2, -0.15) is 0 Å². The lowest BCUT2D eigenvalue weighted by Gasteiger charge is -2.39. The van der Waals surface area contributed by atoms with Gasteiger partial charge in [-0.15, -0.1) is 0 Å². The van der Waals surface area contributed by atoms with Crippen LogP contribution in [0.2, 0.25) is 0 Å². The van der Waals surface area contributed by atoms with E-state index in [1.54, 1.807) is 37.3 Å². The molecule has 0 spiro atoms. The summed E-state index contributed by atoms with van der Waals surface area (Å²) in [7, 11) is 1.47. The Kier molecular flexibility index (Phi) is 5.92. The number of hydrogen-bond acceptors (Lipinski definition) is 8. The number of benzene rings is 2. The maximum absolute atomic E-state index is 10.3. The van der Waals surface area contributed by atoms with E-state index in [2.05, 4.69) is 0 Å². The van der Waals surface area contributed by atoms with Crippen molar-refractivity contribution in [2.24, 2.45) is 0 Å². The summed E-state index contributed by atoms with van der Waals surface area (Å²) in [5.74, 6) is 0.759. The first-order valence-corrected chi connectivity index (χ1v) is 10.0. The van der Waals surface area contributed by atoms with Crippen molar-refractivity contribution in [3.63, 3.8) is 0 Å². The zero-order valence-electron chi connectivity index (χ0n) is 17.2. The molecule has 0 amide bonds. The Morgan fingerprint density at radius 2 is 1.71 bits per heavy atom. The number of aliphatic hydroxyl groups is 4. The Morgan fingerprint density at radius 1 is 0.968 bits per heavy atom. The Balaban J connectivity index is 1.80. The van der Waals surface area contributed by atoms with Crippen LogP contribution in [0.4, 0.5) is 0 Å². The number of methoxy groups -OCH3 is 1. The summed E-state index contributed by atoms with van der Waals surface area (Å²) in [5, 5.41) is 50.2. The molecule has 8 nitrogen and oxygen atoms in total. The van der Waals surface area contributed by atoms with E-state index < -0.39 is 30.7 Å². The van der Waals surface area contributed by atoms with Crippen LogP contribution in [-0.2, 0) is 11.2 Å². The van der Waals surface area contributed by atoms with E-state index in [1.165, 1.54) is 7.11 Å². The molecule has 5 N–H and O–H groups in total. The fourth-order valence-electron chi connectivity index (χ4n) is 4.04. The number of fused-ring (bicyclic) bond motifs is 3. The van der Waals surface area contributed by atoms with Crippen molar-refractivity contribution in [2.75, 3.05) is 13.7 Å². The molecule has 0 bridgehead atoms. The third-order valence-corrected chi connectivity index (χ3v) is 5.82. The average Bonchev–Trinajstić information content (AvgIpc) is 2.91. The van der Waals surface area contributed by atoms with Crippen molar-refractivity contribution in [3.8, 4) is 28.4 Å². The summed E-state index contributed by atoms with van der Waals surface area (Å²) < 4.78 is 16.9. The maximum Gasteiger partial charge on any atom is 0.229 e. The molecule has 4 rings (SSSR count). The second-order valence-electron chi connectivity index (χ2n) is 7.78. The molecule has 0 saturated carbocycles. The van der Waals surface area contributed by atoms with Gasteiger partial charge in [0.1, 0.15) is 24.1 Å². The second-order valence-corrected chi connectivity index (χ2v) is 7.78. The normalized spacial score (nSPS) is 27.5. The lowest BCUT2D eigenvalue weighted by atomic mass is 9.93. The molecule has 1 fully saturated rings. The molecule has 0 aromatic heterocycles. The largest absolute Gasteiger partial charge is 0.508 e. The van der Waals surface area contributed by atoms with Crippen LogP contribution in [0.25, 0.3) is 16.7 Å². The average molecular weight is 430 g/mol. The minimum atomic E-state index is -1.47. The maximum atomic E-state index is 10.3. The van der Waals surface area contributed by atoms with Gasteiger partial charge in [-0.05, 0) is 65.4 Å². The van der Waals surface area contributed by atoms with Gasteiger partial charge in [0.15, 0.2) is 11.5 Å². The molecule has 2 aliphatic rings. The molecule has 1 aliphatic heterocycles. The van der Waals surface area contributed by atoms with Crippen molar-refractivity contribution >= 4 is 5.57 Å². The second kappa shape index (κ2) is 8.49. The van der Waals surface area contributed by atoms with Crippen LogP contribution in [0.15, 0.2) is 36.4 Å². The van der Waals surface area contributed by atoms with E-state index in [0.29, 0.717) is 17.7 Å². The van der Waals surface area contributed by atoms with Gasteiger partial charge >= 0.3 is 0 Å². The molecule has 1 aliphatic carbocycles. The number of aromatic hydroxyl groups is 1. The molecule has 1 saturated heterocycles. The Labute approximate surface area is 179 Å². The monoisotopic (exact) mass is 430 g/mol. The van der Waals surface area contributed by atoms with Crippen molar-refractivity contribution < 1.29 is 39.7 Å². The SMILES string of the molecule is COc1cc2c(cc1O[C@@H]1O[C@@H](C)[C@H](O)[C@@H](O)[C@H]1O)-c1ccc(O)cc1CC=C2CO. The lowest BCUT2D eigenvalue weighted by Crippen LogP contribution is -2.58. The van der Waals surface area contributed by atoms with Crippen LogP contribution in [0.5, 0.6) is 17.2 Å². The van der Waals surface area contributed by atoms with Gasteiger partial charge in [0.2, 0.25) is 6.29 Å². The summed E-state index contributed by atoms with van der Waals surface area (Å²) in [5.41, 5.74) is 3.94. The fraction of sp³-hybridized carbons (Fsp3) is 0.391. The minimum absolute atomic E-state index is 0.145. The molecule has 8 heteroatoms. The standard InChI is InChI=1S/C23H26O8/c1-11-20(26)21(27)22(28)23(30-11)31-19-9-17-15-6-5-14(25)7-12(15)3-4-13(10-24)16(17)8-18(19)29-2/h4-9,11,20-28H,3,10H2,1-2H3/t11-,20-,21+,22+,23-/m0/s1. The minimum Gasteiger partial charge on any atom is -0.508 e. The van der Waals surface area contributed by atoms with E-state index in [4.69, 9.17) is 14.2 Å². The molecule has 5 atom stereocenters. The molecule has 31 heavy (non-hydrogen) atoms. The number of rotatable bonds is 4. The number of phenolic OH excluding ortho intramolecular Hbond substituents is 1. The Morgan fingerprint density at radius 3 is 2.42 bits per heavy atom. The predicted molar refractivity (Wildman–Crippen MR) is 112 cm³/mol. The highest BCUT2D eigenvalue weighted by atomic mass is 16.7. The van der Waals surface area contributed by atoms with Gasteiger partial charge in [-0.3, -0.25) is 0 Å². The van der Waals surface area contributed by atoms with Crippen LogP contribution in [-0.4, -0.2) is 70.0 Å². The van der Waals surface area contributed by atoms with Crippen molar-refractivity contribution in [1.29, 1.82) is 0 Å². The molecule has 166 valence electrons. The summed E-state index contributed by atoms with van der Waals surface area (Å²) >= 11 is 0. The quantitative estimate of drug-likeness (QED) is 0.490. The highest BCUT2D eigenvalue weighted by Gasteiger charge is 2.43. The van der Waals surface area contributed by atoms with E-state index in [9.17, 15) is 25.5 Å². The van der Waals surface area contributed by atoms with Crippen LogP contribution in [0, 0.1) is 0 Å². The van der Waals surface area contributed by atoms with E-state index >= 15 is 0 Å². The summed E-state index contributed by atoms with van der Waals surface area (Å²) in [6.45, 7) is 1.40. The summed E-state index contributed by atoms with van der Waals surface area (Å²) in [6, 6.07) is 8.51. The molecule has 2 aromatic rings. The Hall–Kier alpha value is -2.62. The number of aliphatic hydroxyl groups excluding tert-OH is 4. The van der Waals surface area contributed by atoms with E-state index in [1.807, 2.05) is 6.08 Å². The molecule has 0 radical (unpaired) electrons. The fourth-order valence-corrected chi connectivity index (χ4v) is 4.04. The lowest BCUT2D eigenvalue weighted by molar-refractivity contribution is -0.268. The van der Waals surface area contributed by atoms with Crippen molar-refractivity contribution in [1.82, 2.24) is 0 Å². The molecule has 2 aromatic carbocycles.